The first-order valence-corrected chi connectivity index (χ1v) is 9.84. The summed E-state index contributed by atoms with van der Waals surface area (Å²) in [6, 6.07) is 0. The molecule has 29 heavy (non-hydrogen) atoms. The number of hydrogen-bond donors (Lipinski definition) is 0. The van der Waals surface area contributed by atoms with E-state index in [0.717, 1.165) is 7.11 Å². The molecule has 0 aliphatic rings. The van der Waals surface area contributed by atoms with Crippen molar-refractivity contribution in [2.45, 2.75) is 58.7 Å². The highest BCUT2D eigenvalue weighted by Crippen LogP contribution is 2.32. The largest absolute Gasteiger partial charge is 0.534 e. The summed E-state index contributed by atoms with van der Waals surface area (Å²) in [4.78, 5) is 24.6. The van der Waals surface area contributed by atoms with Crippen LogP contribution in [0.15, 0.2) is 0 Å². The third-order valence-electron chi connectivity index (χ3n) is 3.28. The quantitative estimate of drug-likeness (QED) is 0.358. The second-order valence-electron chi connectivity index (χ2n) is 7.41. The first-order chi connectivity index (χ1) is 13.0. The highest BCUT2D eigenvalue weighted by molar-refractivity contribution is 7.88. The van der Waals surface area contributed by atoms with Crippen LogP contribution in [0.1, 0.15) is 61.9 Å². The van der Waals surface area contributed by atoms with E-state index in [4.69, 9.17) is 4.74 Å². The molecule has 0 aliphatic carbocycles. The molecule has 0 aromatic carbocycles. The number of halogens is 3. The lowest BCUT2D eigenvalue weighted by Crippen LogP contribution is -2.30. The first kappa shape index (κ1) is 24.7. The van der Waals surface area contributed by atoms with Gasteiger partial charge in [0.2, 0.25) is 5.88 Å². The number of alkyl halides is 3. The molecule has 1 rings (SSSR count). The molecule has 0 bridgehead atoms. The summed E-state index contributed by atoms with van der Waals surface area (Å²) in [7, 11) is -5.19. The van der Waals surface area contributed by atoms with Crippen LogP contribution in [-0.4, -0.2) is 48.4 Å². The lowest BCUT2D eigenvalue weighted by Gasteiger charge is -2.20. The number of aryl methyl sites for hydroxylation is 1. The predicted molar refractivity (Wildman–Crippen MR) is 93.8 cm³/mol. The molecule has 0 unspecified atom stereocenters. The minimum absolute atomic E-state index is 0.0397. The zero-order chi connectivity index (χ0) is 22.8. The van der Waals surface area contributed by atoms with Gasteiger partial charge in [0.15, 0.2) is 11.3 Å². The van der Waals surface area contributed by atoms with Crippen LogP contribution in [0, 0.1) is 5.92 Å². The molecule has 1 aromatic rings. The number of hydrogen-bond acceptors (Lipinski definition) is 8. The van der Waals surface area contributed by atoms with Gasteiger partial charge in [-0.3, -0.25) is 0 Å². The molecule has 0 radical (unpaired) electrons. The summed E-state index contributed by atoms with van der Waals surface area (Å²) >= 11 is 0. The molecule has 0 saturated carbocycles. The molecule has 0 spiro atoms. The molecular formula is C16H23F3N2O7S. The van der Waals surface area contributed by atoms with Crippen molar-refractivity contribution in [3.8, 4) is 5.88 Å². The lowest BCUT2D eigenvalue weighted by molar-refractivity contribution is -0.0503. The van der Waals surface area contributed by atoms with Crippen LogP contribution in [0.25, 0.3) is 0 Å². The zero-order valence-electron chi connectivity index (χ0n) is 16.8. The molecule has 166 valence electrons. The van der Waals surface area contributed by atoms with E-state index in [1.807, 2.05) is 0 Å². The van der Waals surface area contributed by atoms with E-state index in [0.29, 0.717) is 11.1 Å². The average molecular weight is 444 g/mol. The molecule has 9 nitrogen and oxygen atoms in total. The van der Waals surface area contributed by atoms with Gasteiger partial charge in [-0.1, -0.05) is 13.8 Å². The van der Waals surface area contributed by atoms with Crippen LogP contribution in [-0.2, 0) is 26.1 Å². The van der Waals surface area contributed by atoms with Crippen LogP contribution in [0.5, 0.6) is 5.88 Å². The van der Waals surface area contributed by atoms with Crippen molar-refractivity contribution >= 4 is 22.1 Å². The first-order valence-electron chi connectivity index (χ1n) is 8.43. The molecular weight excluding hydrogens is 421 g/mol. The third kappa shape index (κ3) is 6.34. The monoisotopic (exact) mass is 444 g/mol. The van der Waals surface area contributed by atoms with E-state index < -0.39 is 50.3 Å². The van der Waals surface area contributed by atoms with E-state index >= 15 is 0 Å². The summed E-state index contributed by atoms with van der Waals surface area (Å²) in [6.07, 6.45) is 0.332. The van der Waals surface area contributed by atoms with Crippen molar-refractivity contribution in [2.75, 3.05) is 7.11 Å². The fourth-order valence-corrected chi connectivity index (χ4v) is 2.44. The Morgan fingerprint density at radius 2 is 1.69 bits per heavy atom. The van der Waals surface area contributed by atoms with Crippen LogP contribution >= 0.6 is 0 Å². The van der Waals surface area contributed by atoms with Crippen molar-refractivity contribution in [2.24, 2.45) is 5.92 Å². The van der Waals surface area contributed by atoms with Crippen molar-refractivity contribution in [3.05, 3.63) is 11.3 Å². The molecule has 0 saturated heterocycles. The Balaban J connectivity index is 3.70. The standard InChI is InChI=1S/C16H23F3N2O7S/c1-9(2)7-8-21-12(28-29(24,25)16(17,18)19)10(11(20-21)14(23)26-6)13(22)27-15(3,4)5/h9H,7-8H2,1-6H3. The maximum Gasteiger partial charge on any atom is 0.534 e. The lowest BCUT2D eigenvalue weighted by atomic mass is 10.1. The molecule has 0 N–H and O–H groups in total. The van der Waals surface area contributed by atoms with Gasteiger partial charge >= 0.3 is 27.6 Å². The van der Waals surface area contributed by atoms with E-state index in [2.05, 4.69) is 14.0 Å². The summed E-state index contributed by atoms with van der Waals surface area (Å²) < 4.78 is 76.2. The molecule has 0 fully saturated rings. The molecule has 1 heterocycles. The molecule has 0 atom stereocenters. The normalized spacial score (nSPS) is 12.8. The van der Waals surface area contributed by atoms with E-state index in [1.165, 1.54) is 20.8 Å². The van der Waals surface area contributed by atoms with Crippen molar-refractivity contribution in [1.29, 1.82) is 0 Å². The second kappa shape index (κ2) is 8.59. The maximum atomic E-state index is 12.8. The Hall–Kier alpha value is -2.31. The summed E-state index contributed by atoms with van der Waals surface area (Å²) in [6.45, 7) is 7.88. The number of rotatable bonds is 7. The van der Waals surface area contributed by atoms with E-state index in [9.17, 15) is 31.2 Å². The fraction of sp³-hybridized carbons (Fsp3) is 0.688. The SMILES string of the molecule is COC(=O)c1nn(CCC(C)C)c(OS(=O)(=O)C(F)(F)F)c1C(=O)OC(C)(C)C. The van der Waals surface area contributed by atoms with Crippen LogP contribution < -0.4 is 4.18 Å². The van der Waals surface area contributed by atoms with Gasteiger partial charge in [-0.15, -0.1) is 0 Å². The average Bonchev–Trinajstić information content (AvgIpc) is 2.87. The Bertz CT molecular complexity index is 868. The van der Waals surface area contributed by atoms with E-state index in [1.54, 1.807) is 13.8 Å². The Morgan fingerprint density at radius 1 is 1.14 bits per heavy atom. The van der Waals surface area contributed by atoms with Crippen molar-refractivity contribution < 1.29 is 44.8 Å². The van der Waals surface area contributed by atoms with Gasteiger partial charge in [-0.05, 0) is 33.1 Å². The highest BCUT2D eigenvalue weighted by Gasteiger charge is 2.50. The molecule has 13 heteroatoms. The Labute approximate surface area is 166 Å². The Kier molecular flexibility index (Phi) is 7.33. The number of methoxy groups -OCH3 is 1. The van der Waals surface area contributed by atoms with Crippen molar-refractivity contribution in [1.82, 2.24) is 9.78 Å². The number of aromatic nitrogens is 2. The van der Waals surface area contributed by atoms with Crippen molar-refractivity contribution in [3.63, 3.8) is 0 Å². The number of esters is 2. The maximum absolute atomic E-state index is 12.8. The molecule has 0 aliphatic heterocycles. The number of carbonyl (C=O) groups excluding carboxylic acids is 2. The number of carbonyl (C=O) groups is 2. The van der Waals surface area contributed by atoms with Gasteiger partial charge in [0.25, 0.3) is 0 Å². The number of ether oxygens (including phenoxy) is 2. The van der Waals surface area contributed by atoms with Gasteiger partial charge < -0.3 is 13.7 Å². The van der Waals surface area contributed by atoms with Gasteiger partial charge in [0, 0.05) is 6.54 Å². The third-order valence-corrected chi connectivity index (χ3v) is 4.22. The van der Waals surface area contributed by atoms with Gasteiger partial charge in [0.1, 0.15) is 5.60 Å². The minimum atomic E-state index is -6.15. The highest BCUT2D eigenvalue weighted by atomic mass is 32.2. The van der Waals surface area contributed by atoms with Crippen LogP contribution in [0.2, 0.25) is 0 Å². The molecule has 0 amide bonds. The van der Waals surface area contributed by atoms with Crippen LogP contribution in [0.3, 0.4) is 0 Å². The summed E-state index contributed by atoms with van der Waals surface area (Å²) in [5, 5.41) is 3.75. The number of nitrogens with zero attached hydrogens (tertiary/aromatic N) is 2. The zero-order valence-corrected chi connectivity index (χ0v) is 17.6. The second-order valence-corrected chi connectivity index (χ2v) is 8.95. The molecule has 1 aromatic heterocycles. The van der Waals surface area contributed by atoms with Crippen LogP contribution in [0.4, 0.5) is 13.2 Å². The van der Waals surface area contributed by atoms with E-state index in [-0.39, 0.29) is 12.5 Å². The minimum Gasteiger partial charge on any atom is -0.464 e. The Morgan fingerprint density at radius 3 is 2.10 bits per heavy atom. The summed E-state index contributed by atoms with van der Waals surface area (Å²) in [5.74, 6) is -3.50. The smallest absolute Gasteiger partial charge is 0.464 e. The van der Waals surface area contributed by atoms with Gasteiger partial charge in [-0.2, -0.15) is 26.7 Å². The predicted octanol–water partition coefficient (Wildman–Crippen LogP) is 2.90. The van der Waals surface area contributed by atoms with Gasteiger partial charge in [0.05, 0.1) is 7.11 Å². The topological polar surface area (TPSA) is 114 Å². The summed E-state index contributed by atoms with van der Waals surface area (Å²) in [5.41, 5.74) is -8.47. The fourth-order valence-electron chi connectivity index (χ4n) is 1.97. The van der Waals surface area contributed by atoms with Gasteiger partial charge in [-0.25, -0.2) is 14.3 Å².